The van der Waals surface area contributed by atoms with Crippen LogP contribution in [0.15, 0.2) is 48.8 Å². The fourth-order valence-corrected chi connectivity index (χ4v) is 2.30. The molecular weight excluding hydrogens is 248 g/mol. The average molecular weight is 270 g/mol. The van der Waals surface area contributed by atoms with Crippen molar-refractivity contribution in [2.24, 2.45) is 0 Å². The molecule has 1 N–H and O–H groups in total. The molecule has 0 saturated heterocycles. The summed E-state index contributed by atoms with van der Waals surface area (Å²) in [5.74, 6) is 0.970. The first kappa shape index (κ1) is 14.5. The molecule has 1 heterocycles. The molecule has 106 valence electrons. The molecular formula is C17H22N2O. The molecule has 0 fully saturated rings. The van der Waals surface area contributed by atoms with E-state index in [1.54, 1.807) is 6.20 Å². The molecule has 0 aliphatic heterocycles. The van der Waals surface area contributed by atoms with Crippen molar-refractivity contribution in [1.29, 1.82) is 0 Å². The molecule has 1 aromatic carbocycles. The largest absolute Gasteiger partial charge is 0.493 e. The third kappa shape index (κ3) is 3.81. The zero-order valence-corrected chi connectivity index (χ0v) is 12.2. The number of nitrogens with one attached hydrogen (secondary N) is 1. The molecule has 3 heteroatoms. The molecule has 20 heavy (non-hydrogen) atoms. The van der Waals surface area contributed by atoms with Crippen molar-refractivity contribution in [2.45, 2.75) is 25.8 Å². The van der Waals surface area contributed by atoms with Crippen LogP contribution in [-0.2, 0) is 6.42 Å². The van der Waals surface area contributed by atoms with Crippen LogP contribution >= 0.6 is 0 Å². The summed E-state index contributed by atoms with van der Waals surface area (Å²) in [6.45, 7) is 2.84. The Kier molecular flexibility index (Phi) is 5.56. The van der Waals surface area contributed by atoms with Gasteiger partial charge in [0.2, 0.25) is 0 Å². The van der Waals surface area contributed by atoms with Crippen molar-refractivity contribution in [1.82, 2.24) is 10.3 Å². The number of nitrogens with zero attached hydrogens (tertiary/aromatic N) is 1. The monoisotopic (exact) mass is 270 g/mol. The van der Waals surface area contributed by atoms with Gasteiger partial charge in [0, 0.05) is 30.4 Å². The fourth-order valence-electron chi connectivity index (χ4n) is 2.30. The summed E-state index contributed by atoms with van der Waals surface area (Å²) in [5.41, 5.74) is 2.43. The molecule has 1 atom stereocenters. The molecule has 0 aliphatic rings. The Balaban J connectivity index is 1.99. The van der Waals surface area contributed by atoms with Gasteiger partial charge in [0.05, 0.1) is 6.61 Å². The predicted molar refractivity (Wildman–Crippen MR) is 82.0 cm³/mol. The Morgan fingerprint density at radius 3 is 2.75 bits per heavy atom. The number of aromatic nitrogens is 1. The van der Waals surface area contributed by atoms with Gasteiger partial charge in [-0.15, -0.1) is 0 Å². The van der Waals surface area contributed by atoms with Crippen LogP contribution in [0.1, 0.15) is 30.5 Å². The number of pyridine rings is 1. The minimum atomic E-state index is 0.338. The van der Waals surface area contributed by atoms with E-state index >= 15 is 0 Å². The highest BCUT2D eigenvalue weighted by atomic mass is 16.5. The van der Waals surface area contributed by atoms with Crippen molar-refractivity contribution < 1.29 is 4.74 Å². The standard InChI is InChI=1S/C17H22N2O/c1-3-16(18-2)15-8-4-5-9-17(15)20-12-10-14-7-6-11-19-13-14/h4-9,11,13,16,18H,3,10,12H2,1-2H3. The Bertz CT molecular complexity index is 509. The van der Waals surface area contributed by atoms with E-state index in [1.165, 1.54) is 11.1 Å². The predicted octanol–water partition coefficient (Wildman–Crippen LogP) is 3.37. The highest BCUT2D eigenvalue weighted by Crippen LogP contribution is 2.26. The first-order valence-corrected chi connectivity index (χ1v) is 7.13. The van der Waals surface area contributed by atoms with E-state index in [0.29, 0.717) is 12.6 Å². The van der Waals surface area contributed by atoms with Crippen molar-refractivity contribution in [3.63, 3.8) is 0 Å². The van der Waals surface area contributed by atoms with Crippen molar-refractivity contribution in [3.8, 4) is 5.75 Å². The van der Waals surface area contributed by atoms with Crippen LogP contribution in [0.4, 0.5) is 0 Å². The van der Waals surface area contributed by atoms with Gasteiger partial charge in [-0.2, -0.15) is 0 Å². The van der Waals surface area contributed by atoms with Gasteiger partial charge in [-0.05, 0) is 31.2 Å². The van der Waals surface area contributed by atoms with E-state index in [4.69, 9.17) is 4.74 Å². The number of hydrogen-bond acceptors (Lipinski definition) is 3. The summed E-state index contributed by atoms with van der Waals surface area (Å²) in [7, 11) is 1.99. The Labute approximate surface area is 121 Å². The van der Waals surface area contributed by atoms with Gasteiger partial charge in [-0.25, -0.2) is 0 Å². The molecule has 2 aromatic rings. The molecule has 0 amide bonds. The maximum Gasteiger partial charge on any atom is 0.124 e. The Hall–Kier alpha value is -1.87. The summed E-state index contributed by atoms with van der Waals surface area (Å²) in [6.07, 6.45) is 5.59. The molecule has 0 bridgehead atoms. The quantitative estimate of drug-likeness (QED) is 0.837. The lowest BCUT2D eigenvalue weighted by Crippen LogP contribution is -2.16. The lowest BCUT2D eigenvalue weighted by atomic mass is 10.0. The van der Waals surface area contributed by atoms with E-state index in [1.807, 2.05) is 31.4 Å². The number of rotatable bonds is 7. The highest BCUT2D eigenvalue weighted by Gasteiger charge is 2.11. The summed E-state index contributed by atoms with van der Waals surface area (Å²) >= 11 is 0. The second-order valence-corrected chi connectivity index (χ2v) is 4.75. The maximum atomic E-state index is 5.96. The van der Waals surface area contributed by atoms with Gasteiger partial charge < -0.3 is 10.1 Å². The van der Waals surface area contributed by atoms with Crippen LogP contribution in [-0.4, -0.2) is 18.6 Å². The first-order valence-electron chi connectivity index (χ1n) is 7.13. The van der Waals surface area contributed by atoms with Gasteiger partial charge in [0.15, 0.2) is 0 Å². The smallest absolute Gasteiger partial charge is 0.124 e. The van der Waals surface area contributed by atoms with Crippen LogP contribution in [0.3, 0.4) is 0 Å². The molecule has 0 radical (unpaired) electrons. The minimum absolute atomic E-state index is 0.338. The van der Waals surface area contributed by atoms with E-state index in [2.05, 4.69) is 35.4 Å². The van der Waals surface area contributed by atoms with E-state index < -0.39 is 0 Å². The zero-order chi connectivity index (χ0) is 14.2. The van der Waals surface area contributed by atoms with Crippen LogP contribution < -0.4 is 10.1 Å². The van der Waals surface area contributed by atoms with Gasteiger partial charge >= 0.3 is 0 Å². The maximum absolute atomic E-state index is 5.96. The van der Waals surface area contributed by atoms with Crippen molar-refractivity contribution >= 4 is 0 Å². The second-order valence-electron chi connectivity index (χ2n) is 4.75. The number of benzene rings is 1. The van der Waals surface area contributed by atoms with Gasteiger partial charge in [-0.1, -0.05) is 31.2 Å². The third-order valence-corrected chi connectivity index (χ3v) is 3.42. The van der Waals surface area contributed by atoms with Crippen LogP contribution in [0, 0.1) is 0 Å². The SMILES string of the molecule is CCC(NC)c1ccccc1OCCc1cccnc1. The lowest BCUT2D eigenvalue weighted by molar-refractivity contribution is 0.314. The second kappa shape index (κ2) is 7.65. The summed E-state index contributed by atoms with van der Waals surface area (Å²) in [5, 5.41) is 3.33. The molecule has 0 saturated carbocycles. The number of para-hydroxylation sites is 1. The molecule has 1 aromatic heterocycles. The Morgan fingerprint density at radius 1 is 1.20 bits per heavy atom. The highest BCUT2D eigenvalue weighted by molar-refractivity contribution is 5.36. The zero-order valence-electron chi connectivity index (χ0n) is 12.2. The molecule has 1 unspecified atom stereocenters. The summed E-state index contributed by atoms with van der Waals surface area (Å²) in [6, 6.07) is 12.6. The van der Waals surface area contributed by atoms with E-state index in [-0.39, 0.29) is 0 Å². The first-order chi connectivity index (χ1) is 9.85. The molecule has 0 spiro atoms. The molecule has 2 rings (SSSR count). The normalized spacial score (nSPS) is 12.1. The topological polar surface area (TPSA) is 34.1 Å². The van der Waals surface area contributed by atoms with Crippen LogP contribution in [0.25, 0.3) is 0 Å². The van der Waals surface area contributed by atoms with E-state index in [9.17, 15) is 0 Å². The fraction of sp³-hybridized carbons (Fsp3) is 0.353. The summed E-state index contributed by atoms with van der Waals surface area (Å²) < 4.78 is 5.96. The lowest BCUT2D eigenvalue weighted by Gasteiger charge is -2.18. The van der Waals surface area contributed by atoms with E-state index in [0.717, 1.165) is 18.6 Å². The van der Waals surface area contributed by atoms with Crippen LogP contribution in [0.2, 0.25) is 0 Å². The molecule has 0 aliphatic carbocycles. The average Bonchev–Trinajstić information content (AvgIpc) is 2.51. The van der Waals surface area contributed by atoms with Crippen molar-refractivity contribution in [2.75, 3.05) is 13.7 Å². The van der Waals surface area contributed by atoms with Gasteiger partial charge in [0.25, 0.3) is 0 Å². The van der Waals surface area contributed by atoms with Crippen molar-refractivity contribution in [3.05, 3.63) is 59.9 Å². The van der Waals surface area contributed by atoms with Gasteiger partial charge in [0.1, 0.15) is 5.75 Å². The molecule has 3 nitrogen and oxygen atoms in total. The number of hydrogen-bond donors (Lipinski definition) is 1. The Morgan fingerprint density at radius 2 is 2.05 bits per heavy atom. The summed E-state index contributed by atoms with van der Waals surface area (Å²) in [4.78, 5) is 4.12. The minimum Gasteiger partial charge on any atom is -0.493 e. The number of ether oxygens (including phenoxy) is 1. The van der Waals surface area contributed by atoms with Gasteiger partial charge in [-0.3, -0.25) is 4.98 Å². The van der Waals surface area contributed by atoms with Crippen LogP contribution in [0.5, 0.6) is 5.75 Å². The third-order valence-electron chi connectivity index (χ3n) is 3.42.